The zero-order valence-corrected chi connectivity index (χ0v) is 17.7. The summed E-state index contributed by atoms with van der Waals surface area (Å²) in [7, 11) is 0. The number of hydrogen-bond donors (Lipinski definition) is 0. The second-order valence-corrected chi connectivity index (χ2v) is 8.26. The normalized spacial score (nSPS) is 14.8. The molecule has 7 nitrogen and oxygen atoms in total. The van der Waals surface area contributed by atoms with E-state index in [4.69, 9.17) is 4.74 Å². The summed E-state index contributed by atoms with van der Waals surface area (Å²) in [5.74, 6) is -0.0231. The van der Waals surface area contributed by atoms with Crippen LogP contribution in [0.15, 0.2) is 36.5 Å². The number of benzene rings is 1. The first-order chi connectivity index (χ1) is 13.8. The molecule has 0 N–H and O–H groups in total. The maximum absolute atomic E-state index is 13.1. The SMILES string of the molecule is CCc1c(C(=O)N2CCN(C(=O)OC(C)(C)C)CC2)cnn1Cc1ccccc1. The molecule has 0 unspecified atom stereocenters. The predicted molar refractivity (Wildman–Crippen MR) is 111 cm³/mol. The van der Waals surface area contributed by atoms with Crippen LogP contribution in [0.4, 0.5) is 4.79 Å². The van der Waals surface area contributed by atoms with E-state index in [0.29, 0.717) is 38.3 Å². The third-order valence-corrected chi connectivity index (χ3v) is 4.91. The van der Waals surface area contributed by atoms with Gasteiger partial charge in [-0.05, 0) is 32.8 Å². The van der Waals surface area contributed by atoms with Crippen LogP contribution >= 0.6 is 0 Å². The maximum Gasteiger partial charge on any atom is 0.410 e. The molecule has 29 heavy (non-hydrogen) atoms. The Labute approximate surface area is 172 Å². The van der Waals surface area contributed by atoms with Crippen molar-refractivity contribution < 1.29 is 14.3 Å². The number of ether oxygens (including phenoxy) is 1. The Kier molecular flexibility index (Phi) is 6.25. The van der Waals surface area contributed by atoms with Crippen molar-refractivity contribution in [1.82, 2.24) is 19.6 Å². The van der Waals surface area contributed by atoms with Crippen LogP contribution < -0.4 is 0 Å². The minimum Gasteiger partial charge on any atom is -0.444 e. The lowest BCUT2D eigenvalue weighted by atomic mass is 10.1. The van der Waals surface area contributed by atoms with E-state index in [2.05, 4.69) is 17.2 Å². The summed E-state index contributed by atoms with van der Waals surface area (Å²) in [4.78, 5) is 28.8. The van der Waals surface area contributed by atoms with Gasteiger partial charge >= 0.3 is 6.09 Å². The zero-order chi connectivity index (χ0) is 21.0. The van der Waals surface area contributed by atoms with Crippen molar-refractivity contribution in [3.63, 3.8) is 0 Å². The van der Waals surface area contributed by atoms with Gasteiger partial charge in [0.15, 0.2) is 0 Å². The highest BCUT2D eigenvalue weighted by Crippen LogP contribution is 2.17. The van der Waals surface area contributed by atoms with E-state index in [1.165, 1.54) is 0 Å². The fourth-order valence-corrected chi connectivity index (χ4v) is 3.44. The fraction of sp³-hybridized carbons (Fsp3) is 0.500. The molecule has 7 heteroatoms. The average Bonchev–Trinajstić information content (AvgIpc) is 3.09. The maximum atomic E-state index is 13.1. The zero-order valence-electron chi connectivity index (χ0n) is 17.7. The summed E-state index contributed by atoms with van der Waals surface area (Å²) in [6, 6.07) is 10.1. The summed E-state index contributed by atoms with van der Waals surface area (Å²) in [6.07, 6.45) is 2.07. The molecule has 1 aliphatic rings. The van der Waals surface area contributed by atoms with Crippen molar-refractivity contribution >= 4 is 12.0 Å². The highest BCUT2D eigenvalue weighted by molar-refractivity contribution is 5.95. The number of aromatic nitrogens is 2. The van der Waals surface area contributed by atoms with Crippen LogP contribution in [0.2, 0.25) is 0 Å². The van der Waals surface area contributed by atoms with Crippen LogP contribution in [0.3, 0.4) is 0 Å². The molecule has 1 aromatic heterocycles. The number of carbonyl (C=O) groups is 2. The quantitative estimate of drug-likeness (QED) is 0.793. The molecule has 0 spiro atoms. The van der Waals surface area contributed by atoms with Crippen molar-refractivity contribution in [2.75, 3.05) is 26.2 Å². The lowest BCUT2D eigenvalue weighted by Crippen LogP contribution is -2.51. The summed E-state index contributed by atoms with van der Waals surface area (Å²) in [5, 5.41) is 4.47. The minimum atomic E-state index is -0.520. The lowest BCUT2D eigenvalue weighted by molar-refractivity contribution is 0.0140. The highest BCUT2D eigenvalue weighted by Gasteiger charge is 2.29. The van der Waals surface area contributed by atoms with E-state index in [1.54, 1.807) is 16.0 Å². The molecule has 2 heterocycles. The number of rotatable bonds is 4. The Morgan fingerprint density at radius 1 is 1.03 bits per heavy atom. The van der Waals surface area contributed by atoms with Gasteiger partial charge in [0, 0.05) is 26.2 Å². The van der Waals surface area contributed by atoms with Crippen molar-refractivity contribution in [2.24, 2.45) is 0 Å². The summed E-state index contributed by atoms with van der Waals surface area (Å²) in [5.41, 5.74) is 2.21. The van der Waals surface area contributed by atoms with E-state index in [9.17, 15) is 9.59 Å². The van der Waals surface area contributed by atoms with Gasteiger partial charge in [-0.3, -0.25) is 9.48 Å². The molecule has 0 radical (unpaired) electrons. The standard InChI is InChI=1S/C22H30N4O3/c1-5-19-18(15-23-26(19)16-17-9-7-6-8-10-17)20(27)24-11-13-25(14-12-24)21(28)29-22(2,3)4/h6-10,15H,5,11-14,16H2,1-4H3. The topological polar surface area (TPSA) is 67.7 Å². The average molecular weight is 399 g/mol. The Bertz CT molecular complexity index is 847. The molecule has 0 atom stereocenters. The van der Waals surface area contributed by atoms with Crippen LogP contribution in [0, 0.1) is 0 Å². The van der Waals surface area contributed by atoms with E-state index < -0.39 is 5.60 Å². The van der Waals surface area contributed by atoms with Gasteiger partial charge in [0.2, 0.25) is 0 Å². The van der Waals surface area contributed by atoms with Crippen molar-refractivity contribution in [3.05, 3.63) is 53.3 Å². The molecule has 1 aliphatic heterocycles. The molecule has 2 amide bonds. The lowest BCUT2D eigenvalue weighted by Gasteiger charge is -2.35. The van der Waals surface area contributed by atoms with Gasteiger partial charge in [0.05, 0.1) is 24.0 Å². The molecule has 1 saturated heterocycles. The number of carbonyl (C=O) groups excluding carboxylic acids is 2. The molecule has 0 saturated carbocycles. The molecule has 3 rings (SSSR count). The molecule has 0 aliphatic carbocycles. The first-order valence-electron chi connectivity index (χ1n) is 10.1. The largest absolute Gasteiger partial charge is 0.444 e. The summed E-state index contributed by atoms with van der Waals surface area (Å²) >= 11 is 0. The third-order valence-electron chi connectivity index (χ3n) is 4.91. The van der Waals surface area contributed by atoms with Crippen molar-refractivity contribution in [3.8, 4) is 0 Å². The summed E-state index contributed by atoms with van der Waals surface area (Å²) in [6.45, 7) is 10.2. The Morgan fingerprint density at radius 2 is 1.66 bits per heavy atom. The van der Waals surface area contributed by atoms with E-state index in [-0.39, 0.29) is 12.0 Å². The summed E-state index contributed by atoms with van der Waals surface area (Å²) < 4.78 is 7.33. The number of amides is 2. The van der Waals surface area contributed by atoms with Crippen molar-refractivity contribution in [2.45, 2.75) is 46.3 Å². The molecular weight excluding hydrogens is 368 g/mol. The number of hydrogen-bond acceptors (Lipinski definition) is 4. The molecule has 1 aromatic carbocycles. The molecule has 0 bridgehead atoms. The highest BCUT2D eigenvalue weighted by atomic mass is 16.6. The van der Waals surface area contributed by atoms with E-state index in [0.717, 1.165) is 17.7 Å². The smallest absolute Gasteiger partial charge is 0.410 e. The van der Waals surface area contributed by atoms with Gasteiger partial charge in [0.25, 0.3) is 5.91 Å². The number of nitrogens with zero attached hydrogens (tertiary/aromatic N) is 4. The van der Waals surface area contributed by atoms with Gasteiger partial charge in [0.1, 0.15) is 5.60 Å². The second-order valence-electron chi connectivity index (χ2n) is 8.26. The van der Waals surface area contributed by atoms with Crippen molar-refractivity contribution in [1.29, 1.82) is 0 Å². The van der Waals surface area contributed by atoms with Crippen LogP contribution in [0.5, 0.6) is 0 Å². The molecule has 2 aromatic rings. The van der Waals surface area contributed by atoms with E-state index in [1.807, 2.05) is 50.6 Å². The first kappa shape index (κ1) is 20.9. The minimum absolute atomic E-state index is 0.0231. The second kappa shape index (κ2) is 8.68. The Morgan fingerprint density at radius 3 is 2.24 bits per heavy atom. The monoisotopic (exact) mass is 398 g/mol. The van der Waals surface area contributed by atoms with Crippen LogP contribution in [-0.4, -0.2) is 63.4 Å². The van der Waals surface area contributed by atoms with Crippen LogP contribution in [0.1, 0.15) is 49.3 Å². The van der Waals surface area contributed by atoms with Gasteiger partial charge in [-0.1, -0.05) is 37.3 Å². The Balaban J connectivity index is 1.65. The van der Waals surface area contributed by atoms with Crippen LogP contribution in [0.25, 0.3) is 0 Å². The first-order valence-corrected chi connectivity index (χ1v) is 10.1. The van der Waals surface area contributed by atoms with Gasteiger partial charge in [-0.15, -0.1) is 0 Å². The Hall–Kier alpha value is -2.83. The fourth-order valence-electron chi connectivity index (χ4n) is 3.44. The third kappa shape index (κ3) is 5.16. The molecule has 156 valence electrons. The van der Waals surface area contributed by atoms with Crippen LogP contribution in [-0.2, 0) is 17.7 Å². The molecule has 1 fully saturated rings. The van der Waals surface area contributed by atoms with Gasteiger partial charge < -0.3 is 14.5 Å². The van der Waals surface area contributed by atoms with Gasteiger partial charge in [-0.2, -0.15) is 5.10 Å². The van der Waals surface area contributed by atoms with E-state index >= 15 is 0 Å². The molecular formula is C22H30N4O3. The van der Waals surface area contributed by atoms with Gasteiger partial charge in [-0.25, -0.2) is 4.79 Å². The number of piperazine rings is 1. The predicted octanol–water partition coefficient (Wildman–Crippen LogP) is 3.19.